The van der Waals surface area contributed by atoms with Gasteiger partial charge in [0.25, 0.3) is 0 Å². The van der Waals surface area contributed by atoms with E-state index in [0.717, 1.165) is 5.56 Å². The molecule has 2 aliphatic rings. The second kappa shape index (κ2) is 5.51. The molecule has 0 spiro atoms. The average molecular weight is 315 g/mol. The number of nitrogens with two attached hydrogens (primary N) is 1. The Balaban J connectivity index is 2.19. The third-order valence-corrected chi connectivity index (χ3v) is 4.28. The molecule has 0 radical (unpaired) electrons. The second-order valence-corrected chi connectivity index (χ2v) is 6.19. The van der Waals surface area contributed by atoms with Gasteiger partial charge in [0.1, 0.15) is 17.4 Å². The number of benzene rings is 1. The minimum absolute atomic E-state index is 0.0129. The summed E-state index contributed by atoms with van der Waals surface area (Å²) in [5.74, 6) is 0.396. The van der Waals surface area contributed by atoms with Crippen LogP contribution in [0.15, 0.2) is 47.1 Å². The van der Waals surface area contributed by atoms with Crippen molar-refractivity contribution in [1.29, 1.82) is 5.26 Å². The van der Waals surface area contributed by atoms with E-state index in [1.165, 1.54) is 0 Å². The van der Waals surface area contributed by atoms with Gasteiger partial charge in [0.05, 0.1) is 5.92 Å². The molecule has 1 aromatic rings. The van der Waals surface area contributed by atoms with Crippen LogP contribution >= 0.6 is 11.6 Å². The van der Waals surface area contributed by atoms with Crippen molar-refractivity contribution in [2.45, 2.75) is 25.7 Å². The lowest BCUT2D eigenvalue weighted by atomic mass is 9.75. The molecule has 2 N–H and O–H groups in total. The van der Waals surface area contributed by atoms with Crippen LogP contribution in [0.4, 0.5) is 0 Å². The van der Waals surface area contributed by atoms with Crippen molar-refractivity contribution in [2.75, 3.05) is 0 Å². The molecule has 0 amide bonds. The molecule has 22 heavy (non-hydrogen) atoms. The van der Waals surface area contributed by atoms with Crippen LogP contribution in [0.5, 0.6) is 0 Å². The molecular formula is C17H15ClN2O2. The SMILES string of the molecule is C[C@H]1CC(=O)C2=C(C1)OC(N)=C(C#N)[C@H]2c1cccc(Cl)c1. The van der Waals surface area contributed by atoms with Crippen LogP contribution in [0.3, 0.4) is 0 Å². The number of carbonyl (C=O) groups is 1. The van der Waals surface area contributed by atoms with Crippen LogP contribution in [0.1, 0.15) is 31.2 Å². The molecule has 1 aliphatic heterocycles. The molecule has 112 valence electrons. The number of ether oxygens (including phenoxy) is 1. The summed E-state index contributed by atoms with van der Waals surface area (Å²) in [6, 6.07) is 9.25. The van der Waals surface area contributed by atoms with E-state index < -0.39 is 5.92 Å². The number of ketones is 1. The topological polar surface area (TPSA) is 76.1 Å². The summed E-state index contributed by atoms with van der Waals surface area (Å²) in [7, 11) is 0. The maximum absolute atomic E-state index is 12.5. The highest BCUT2D eigenvalue weighted by atomic mass is 35.5. The Morgan fingerprint density at radius 1 is 1.41 bits per heavy atom. The standard InChI is InChI=1S/C17H15ClN2O2/c1-9-5-13(21)16-14(6-9)22-17(20)12(8-19)15(16)10-3-2-4-11(18)7-10/h2-4,7,9,15H,5-6,20H2,1H3/t9-,15+/m0/s1. The Kier molecular flexibility index (Phi) is 3.67. The zero-order chi connectivity index (χ0) is 15.9. The number of Topliss-reactive ketones (excluding diaryl/α,β-unsaturated/α-hetero) is 1. The van der Waals surface area contributed by atoms with E-state index in [-0.39, 0.29) is 23.2 Å². The normalized spacial score (nSPS) is 24.7. The van der Waals surface area contributed by atoms with Crippen LogP contribution in [-0.2, 0) is 9.53 Å². The Morgan fingerprint density at radius 2 is 2.18 bits per heavy atom. The molecule has 0 unspecified atom stereocenters. The molecule has 3 rings (SSSR count). The van der Waals surface area contributed by atoms with Gasteiger partial charge >= 0.3 is 0 Å². The fourth-order valence-electron chi connectivity index (χ4n) is 3.11. The molecule has 0 fully saturated rings. The van der Waals surface area contributed by atoms with Crippen molar-refractivity contribution >= 4 is 17.4 Å². The van der Waals surface area contributed by atoms with Crippen molar-refractivity contribution in [3.8, 4) is 6.07 Å². The van der Waals surface area contributed by atoms with Crippen LogP contribution in [0.2, 0.25) is 5.02 Å². The molecule has 5 heteroatoms. The zero-order valence-corrected chi connectivity index (χ0v) is 12.9. The lowest BCUT2D eigenvalue weighted by molar-refractivity contribution is -0.117. The van der Waals surface area contributed by atoms with Gasteiger partial charge in [-0.15, -0.1) is 0 Å². The predicted molar refractivity (Wildman–Crippen MR) is 82.5 cm³/mol. The second-order valence-electron chi connectivity index (χ2n) is 5.75. The quantitative estimate of drug-likeness (QED) is 0.862. The van der Waals surface area contributed by atoms with E-state index in [1.54, 1.807) is 18.2 Å². The van der Waals surface area contributed by atoms with E-state index in [1.807, 2.05) is 13.0 Å². The number of allylic oxidation sites excluding steroid dienone is 3. The Labute approximate surface area is 133 Å². The summed E-state index contributed by atoms with van der Waals surface area (Å²) in [5, 5.41) is 10.0. The van der Waals surface area contributed by atoms with Crippen molar-refractivity contribution in [1.82, 2.24) is 0 Å². The molecular weight excluding hydrogens is 300 g/mol. The van der Waals surface area contributed by atoms with Crippen LogP contribution < -0.4 is 5.73 Å². The minimum atomic E-state index is -0.493. The molecule has 1 heterocycles. The van der Waals surface area contributed by atoms with Gasteiger partial charge in [0.2, 0.25) is 5.88 Å². The number of halogens is 1. The molecule has 1 aliphatic carbocycles. The lowest BCUT2D eigenvalue weighted by Crippen LogP contribution is -2.29. The summed E-state index contributed by atoms with van der Waals surface area (Å²) in [6.07, 6.45) is 1.11. The molecule has 0 saturated heterocycles. The van der Waals surface area contributed by atoms with Crippen LogP contribution in [0, 0.1) is 17.2 Å². The van der Waals surface area contributed by atoms with Gasteiger partial charge in [-0.1, -0.05) is 30.7 Å². The number of hydrogen-bond acceptors (Lipinski definition) is 4. The molecule has 4 nitrogen and oxygen atoms in total. The summed E-state index contributed by atoms with van der Waals surface area (Å²) in [4.78, 5) is 12.5. The largest absolute Gasteiger partial charge is 0.444 e. The first-order valence-electron chi connectivity index (χ1n) is 7.10. The third kappa shape index (κ3) is 2.38. The molecule has 0 aromatic heterocycles. The molecule has 0 saturated carbocycles. The maximum atomic E-state index is 12.5. The monoisotopic (exact) mass is 314 g/mol. The Morgan fingerprint density at radius 3 is 2.86 bits per heavy atom. The molecule has 0 bridgehead atoms. The first kappa shape index (κ1) is 14.7. The van der Waals surface area contributed by atoms with Gasteiger partial charge in [-0.05, 0) is 23.6 Å². The van der Waals surface area contributed by atoms with Crippen molar-refractivity contribution in [2.24, 2.45) is 11.7 Å². The van der Waals surface area contributed by atoms with Gasteiger partial charge in [-0.3, -0.25) is 4.79 Å². The first-order chi connectivity index (χ1) is 10.5. The van der Waals surface area contributed by atoms with Crippen LogP contribution in [-0.4, -0.2) is 5.78 Å². The fourth-order valence-corrected chi connectivity index (χ4v) is 3.31. The number of nitriles is 1. The predicted octanol–water partition coefficient (Wildman–Crippen LogP) is 3.40. The van der Waals surface area contributed by atoms with Crippen LogP contribution in [0.25, 0.3) is 0 Å². The van der Waals surface area contributed by atoms with Crippen molar-refractivity contribution < 1.29 is 9.53 Å². The van der Waals surface area contributed by atoms with E-state index in [2.05, 4.69) is 6.07 Å². The molecule has 1 aromatic carbocycles. The highest BCUT2D eigenvalue weighted by Gasteiger charge is 2.39. The van der Waals surface area contributed by atoms with Gasteiger partial charge < -0.3 is 10.5 Å². The Hall–Kier alpha value is -2.25. The first-order valence-corrected chi connectivity index (χ1v) is 7.48. The summed E-state index contributed by atoms with van der Waals surface area (Å²) < 4.78 is 5.58. The zero-order valence-electron chi connectivity index (χ0n) is 12.1. The van der Waals surface area contributed by atoms with E-state index in [9.17, 15) is 10.1 Å². The number of hydrogen-bond donors (Lipinski definition) is 1. The van der Waals surface area contributed by atoms with Crippen molar-refractivity contribution in [3.63, 3.8) is 0 Å². The summed E-state index contributed by atoms with van der Waals surface area (Å²) in [5.41, 5.74) is 7.51. The fraction of sp³-hybridized carbons (Fsp3) is 0.294. The molecule has 2 atom stereocenters. The van der Waals surface area contributed by atoms with Crippen molar-refractivity contribution in [3.05, 3.63) is 57.6 Å². The van der Waals surface area contributed by atoms with Gasteiger partial charge in [0, 0.05) is 23.4 Å². The summed E-state index contributed by atoms with van der Waals surface area (Å²) in [6.45, 7) is 2.00. The lowest BCUT2D eigenvalue weighted by Gasteiger charge is -2.33. The minimum Gasteiger partial charge on any atom is -0.444 e. The van der Waals surface area contributed by atoms with E-state index in [4.69, 9.17) is 22.1 Å². The maximum Gasteiger partial charge on any atom is 0.205 e. The van der Waals surface area contributed by atoms with E-state index in [0.29, 0.717) is 29.2 Å². The van der Waals surface area contributed by atoms with Gasteiger partial charge in [-0.2, -0.15) is 5.26 Å². The Bertz CT molecular complexity index is 758. The summed E-state index contributed by atoms with van der Waals surface area (Å²) >= 11 is 6.06. The number of carbonyl (C=O) groups excluding carboxylic acids is 1. The van der Waals surface area contributed by atoms with Gasteiger partial charge in [0.15, 0.2) is 5.78 Å². The highest BCUT2D eigenvalue weighted by molar-refractivity contribution is 6.30. The third-order valence-electron chi connectivity index (χ3n) is 4.05. The average Bonchev–Trinajstić information content (AvgIpc) is 2.45. The highest BCUT2D eigenvalue weighted by Crippen LogP contribution is 2.44. The number of rotatable bonds is 1. The number of nitrogens with zero attached hydrogens (tertiary/aromatic N) is 1. The smallest absolute Gasteiger partial charge is 0.205 e. The van der Waals surface area contributed by atoms with Gasteiger partial charge in [-0.25, -0.2) is 0 Å². The van der Waals surface area contributed by atoms with E-state index >= 15 is 0 Å².